The second-order valence-electron chi connectivity index (χ2n) is 4.22. The second kappa shape index (κ2) is 5.76. The van der Waals surface area contributed by atoms with Gasteiger partial charge in [-0.1, -0.05) is 35.6 Å². The van der Waals surface area contributed by atoms with Gasteiger partial charge in [0.2, 0.25) is 10.1 Å². The van der Waals surface area contributed by atoms with Crippen molar-refractivity contribution in [1.82, 2.24) is 10.2 Å². The molecule has 0 aliphatic rings. The van der Waals surface area contributed by atoms with Gasteiger partial charge in [-0.15, -0.1) is 10.2 Å². The van der Waals surface area contributed by atoms with Crippen molar-refractivity contribution in [3.8, 4) is 0 Å². The van der Waals surface area contributed by atoms with Gasteiger partial charge < -0.3 is 11.1 Å². The third-order valence-electron chi connectivity index (χ3n) is 2.72. The molecule has 0 aliphatic carbocycles. The molecular weight excluding hydrogens is 289 g/mol. The van der Waals surface area contributed by atoms with E-state index >= 15 is 0 Å². The number of alkyl halides is 3. The van der Waals surface area contributed by atoms with Gasteiger partial charge in [-0.3, -0.25) is 0 Å². The van der Waals surface area contributed by atoms with Gasteiger partial charge in [0, 0.05) is 6.54 Å². The molecule has 0 bridgehead atoms. The molecular formula is C12H13F3N4S. The monoisotopic (exact) mass is 302 g/mol. The van der Waals surface area contributed by atoms with Crippen LogP contribution in [-0.2, 0) is 12.7 Å². The van der Waals surface area contributed by atoms with E-state index in [0.717, 1.165) is 11.1 Å². The van der Waals surface area contributed by atoms with Gasteiger partial charge in [-0.05, 0) is 18.1 Å². The van der Waals surface area contributed by atoms with Crippen LogP contribution in [-0.4, -0.2) is 10.2 Å². The smallest absolute Gasteiger partial charge is 0.354 e. The van der Waals surface area contributed by atoms with Crippen LogP contribution >= 0.6 is 11.3 Å². The van der Waals surface area contributed by atoms with Crippen LogP contribution in [0, 0.1) is 0 Å². The van der Waals surface area contributed by atoms with Gasteiger partial charge >= 0.3 is 6.18 Å². The van der Waals surface area contributed by atoms with Crippen LogP contribution in [0.3, 0.4) is 0 Å². The van der Waals surface area contributed by atoms with Crippen LogP contribution in [0.15, 0.2) is 24.3 Å². The summed E-state index contributed by atoms with van der Waals surface area (Å²) in [5.74, 6) is 0. The Kier molecular flexibility index (Phi) is 4.24. The van der Waals surface area contributed by atoms with Gasteiger partial charge in [0.1, 0.15) is 0 Å². The predicted octanol–water partition coefficient (Wildman–Crippen LogP) is 3.19. The van der Waals surface area contributed by atoms with Gasteiger partial charge in [0.25, 0.3) is 0 Å². The Bertz CT molecular complexity index is 565. The Morgan fingerprint density at radius 1 is 1.25 bits per heavy atom. The van der Waals surface area contributed by atoms with E-state index in [0.29, 0.717) is 17.9 Å². The maximum absolute atomic E-state index is 12.4. The number of nitrogens with zero attached hydrogens (tertiary/aromatic N) is 2. The number of aromatic nitrogens is 2. The Morgan fingerprint density at radius 3 is 2.40 bits per heavy atom. The highest BCUT2D eigenvalue weighted by Gasteiger charge is 2.35. The first-order valence-corrected chi connectivity index (χ1v) is 6.68. The molecule has 108 valence electrons. The zero-order chi connectivity index (χ0) is 14.8. The van der Waals surface area contributed by atoms with Crippen LogP contribution in [0.1, 0.15) is 29.1 Å². The SMILES string of the molecule is CC(Nc1nnc(C(F)(F)F)s1)c1ccc(CN)cc1. The van der Waals surface area contributed by atoms with Crippen LogP contribution in [0.2, 0.25) is 0 Å². The molecule has 0 fully saturated rings. The van der Waals surface area contributed by atoms with E-state index in [4.69, 9.17) is 5.73 Å². The van der Waals surface area contributed by atoms with Crippen molar-refractivity contribution in [3.63, 3.8) is 0 Å². The first-order valence-electron chi connectivity index (χ1n) is 5.86. The summed E-state index contributed by atoms with van der Waals surface area (Å²) < 4.78 is 37.2. The summed E-state index contributed by atoms with van der Waals surface area (Å²) in [4.78, 5) is 0. The molecule has 1 unspecified atom stereocenters. The number of rotatable bonds is 4. The summed E-state index contributed by atoms with van der Waals surface area (Å²) in [5, 5.41) is 8.72. The molecule has 8 heteroatoms. The summed E-state index contributed by atoms with van der Waals surface area (Å²) >= 11 is 0.492. The number of halogens is 3. The quantitative estimate of drug-likeness (QED) is 0.910. The van der Waals surface area contributed by atoms with Crippen molar-refractivity contribution >= 4 is 16.5 Å². The normalized spacial score (nSPS) is 13.2. The third kappa shape index (κ3) is 3.45. The third-order valence-corrected chi connectivity index (χ3v) is 3.62. The molecule has 1 aromatic carbocycles. The second-order valence-corrected chi connectivity index (χ2v) is 5.20. The van der Waals surface area contributed by atoms with Crippen LogP contribution < -0.4 is 11.1 Å². The fourth-order valence-electron chi connectivity index (χ4n) is 1.61. The van der Waals surface area contributed by atoms with E-state index in [1.165, 1.54) is 0 Å². The van der Waals surface area contributed by atoms with Crippen LogP contribution in [0.5, 0.6) is 0 Å². The maximum atomic E-state index is 12.4. The number of nitrogens with one attached hydrogen (secondary N) is 1. The summed E-state index contributed by atoms with van der Waals surface area (Å²) in [5.41, 5.74) is 7.44. The van der Waals surface area contributed by atoms with Crippen molar-refractivity contribution in [1.29, 1.82) is 0 Å². The highest BCUT2D eigenvalue weighted by Crippen LogP contribution is 2.34. The molecule has 0 amide bonds. The lowest BCUT2D eigenvalue weighted by molar-refractivity contribution is -0.138. The predicted molar refractivity (Wildman–Crippen MR) is 71.3 cm³/mol. The molecule has 0 radical (unpaired) electrons. The first kappa shape index (κ1) is 14.7. The molecule has 0 aliphatic heterocycles. The standard InChI is InChI=1S/C12H13F3N4S/c1-7(9-4-2-8(6-16)3-5-9)17-11-19-18-10(20-11)12(13,14)15/h2-5,7H,6,16H2,1H3,(H,17,19). The van der Waals surface area contributed by atoms with Crippen molar-refractivity contribution in [2.24, 2.45) is 5.73 Å². The topological polar surface area (TPSA) is 63.8 Å². The number of hydrogen-bond donors (Lipinski definition) is 2. The van der Waals surface area contributed by atoms with Crippen molar-refractivity contribution in [2.75, 3.05) is 5.32 Å². The minimum Gasteiger partial charge on any atom is -0.354 e. The summed E-state index contributed by atoms with van der Waals surface area (Å²) in [6, 6.07) is 7.36. The summed E-state index contributed by atoms with van der Waals surface area (Å²) in [6.45, 7) is 2.29. The highest BCUT2D eigenvalue weighted by molar-refractivity contribution is 7.15. The number of benzene rings is 1. The van der Waals surface area contributed by atoms with E-state index in [1.54, 1.807) is 0 Å². The number of nitrogens with two attached hydrogens (primary N) is 1. The first-order chi connectivity index (χ1) is 9.40. The van der Waals surface area contributed by atoms with Gasteiger partial charge in [0.15, 0.2) is 0 Å². The fraction of sp³-hybridized carbons (Fsp3) is 0.333. The molecule has 1 heterocycles. The van der Waals surface area contributed by atoms with Gasteiger partial charge in [-0.25, -0.2) is 0 Å². The van der Waals surface area contributed by atoms with E-state index in [2.05, 4.69) is 15.5 Å². The zero-order valence-electron chi connectivity index (χ0n) is 10.6. The average Bonchev–Trinajstić information content (AvgIpc) is 2.87. The zero-order valence-corrected chi connectivity index (χ0v) is 11.4. The highest BCUT2D eigenvalue weighted by atomic mass is 32.1. The molecule has 1 atom stereocenters. The Balaban J connectivity index is 2.07. The van der Waals surface area contributed by atoms with Crippen molar-refractivity contribution in [2.45, 2.75) is 25.7 Å². The van der Waals surface area contributed by atoms with Gasteiger partial charge in [0.05, 0.1) is 6.04 Å². The van der Waals surface area contributed by atoms with Crippen LogP contribution in [0.25, 0.3) is 0 Å². The van der Waals surface area contributed by atoms with E-state index in [1.807, 2.05) is 31.2 Å². The largest absolute Gasteiger partial charge is 0.445 e. The lowest BCUT2D eigenvalue weighted by Crippen LogP contribution is -2.06. The summed E-state index contributed by atoms with van der Waals surface area (Å²) in [7, 11) is 0. The Hall–Kier alpha value is -1.67. The lowest BCUT2D eigenvalue weighted by atomic mass is 10.1. The molecule has 1 aromatic heterocycles. The van der Waals surface area contributed by atoms with Crippen molar-refractivity contribution < 1.29 is 13.2 Å². The average molecular weight is 302 g/mol. The lowest BCUT2D eigenvalue weighted by Gasteiger charge is -2.13. The molecule has 2 aromatic rings. The molecule has 4 nitrogen and oxygen atoms in total. The molecule has 20 heavy (non-hydrogen) atoms. The van der Waals surface area contributed by atoms with E-state index in [-0.39, 0.29) is 11.2 Å². The molecule has 0 spiro atoms. The molecule has 0 saturated carbocycles. The van der Waals surface area contributed by atoms with E-state index in [9.17, 15) is 13.2 Å². The Morgan fingerprint density at radius 2 is 1.90 bits per heavy atom. The summed E-state index contributed by atoms with van der Waals surface area (Å²) in [6.07, 6.45) is -4.45. The number of anilines is 1. The fourth-order valence-corrected chi connectivity index (χ4v) is 2.30. The minimum absolute atomic E-state index is 0.146. The molecule has 3 N–H and O–H groups in total. The molecule has 0 saturated heterocycles. The van der Waals surface area contributed by atoms with Gasteiger partial charge in [-0.2, -0.15) is 13.2 Å². The molecule has 2 rings (SSSR count). The maximum Gasteiger partial charge on any atom is 0.445 e. The van der Waals surface area contributed by atoms with Crippen LogP contribution in [0.4, 0.5) is 18.3 Å². The number of hydrogen-bond acceptors (Lipinski definition) is 5. The Labute approximate surface area is 117 Å². The van der Waals surface area contributed by atoms with Crippen molar-refractivity contribution in [3.05, 3.63) is 40.4 Å². The minimum atomic E-state index is -4.45. The van der Waals surface area contributed by atoms with E-state index < -0.39 is 11.2 Å².